The Morgan fingerprint density at radius 3 is 2.94 bits per heavy atom. The Labute approximate surface area is 102 Å². The molecular weight excluding hydrogens is 275 g/mol. The lowest BCUT2D eigenvalue weighted by atomic mass is 10.2. The predicted molar refractivity (Wildman–Crippen MR) is 65.5 cm³/mol. The van der Waals surface area contributed by atoms with Crippen molar-refractivity contribution in [2.75, 3.05) is 5.32 Å². The molecule has 1 aromatic carbocycles. The van der Waals surface area contributed by atoms with Crippen molar-refractivity contribution in [3.8, 4) is 0 Å². The standard InChI is InChI=1S/C11H12BrFN2O/c1-2-3-9(14)11(16)15-10-5-4-7(13)6-8(10)12/h2,4-6,9H,1,3,14H2,(H,15,16). The van der Waals surface area contributed by atoms with E-state index in [0.717, 1.165) is 0 Å². The average molecular weight is 287 g/mol. The third-order valence-corrected chi connectivity index (χ3v) is 2.60. The van der Waals surface area contributed by atoms with E-state index in [9.17, 15) is 9.18 Å². The lowest BCUT2D eigenvalue weighted by molar-refractivity contribution is -0.117. The molecule has 1 amide bonds. The fourth-order valence-corrected chi connectivity index (χ4v) is 1.55. The predicted octanol–water partition coefficient (Wildman–Crippen LogP) is 2.43. The Hall–Kier alpha value is -1.20. The third-order valence-electron chi connectivity index (χ3n) is 1.95. The molecule has 0 aliphatic heterocycles. The number of nitrogens with one attached hydrogen (secondary N) is 1. The van der Waals surface area contributed by atoms with Crippen LogP contribution in [0, 0.1) is 5.82 Å². The van der Waals surface area contributed by atoms with Gasteiger partial charge in [-0.3, -0.25) is 4.79 Å². The zero-order valence-corrected chi connectivity index (χ0v) is 10.1. The summed E-state index contributed by atoms with van der Waals surface area (Å²) in [7, 11) is 0. The normalized spacial score (nSPS) is 11.9. The first-order valence-electron chi connectivity index (χ1n) is 4.67. The summed E-state index contributed by atoms with van der Waals surface area (Å²) in [6.07, 6.45) is 1.97. The Balaban J connectivity index is 2.73. The van der Waals surface area contributed by atoms with Crippen LogP contribution in [0.15, 0.2) is 35.3 Å². The van der Waals surface area contributed by atoms with Gasteiger partial charge in [-0.1, -0.05) is 6.08 Å². The first kappa shape index (κ1) is 12.9. The highest BCUT2D eigenvalue weighted by Crippen LogP contribution is 2.23. The van der Waals surface area contributed by atoms with E-state index in [0.29, 0.717) is 16.6 Å². The van der Waals surface area contributed by atoms with E-state index >= 15 is 0 Å². The van der Waals surface area contributed by atoms with Crippen LogP contribution in [0.4, 0.5) is 10.1 Å². The first-order chi connectivity index (χ1) is 7.54. The van der Waals surface area contributed by atoms with Crippen molar-refractivity contribution in [1.29, 1.82) is 0 Å². The van der Waals surface area contributed by atoms with E-state index in [2.05, 4.69) is 27.8 Å². The zero-order valence-electron chi connectivity index (χ0n) is 8.54. The number of carbonyl (C=O) groups excluding carboxylic acids is 1. The molecule has 3 nitrogen and oxygen atoms in total. The highest BCUT2D eigenvalue weighted by Gasteiger charge is 2.13. The summed E-state index contributed by atoms with van der Waals surface area (Å²) in [5, 5.41) is 2.60. The van der Waals surface area contributed by atoms with Gasteiger partial charge in [-0.15, -0.1) is 6.58 Å². The van der Waals surface area contributed by atoms with Crippen molar-refractivity contribution in [3.63, 3.8) is 0 Å². The summed E-state index contributed by atoms with van der Waals surface area (Å²) in [6.45, 7) is 3.50. The van der Waals surface area contributed by atoms with Crippen molar-refractivity contribution in [1.82, 2.24) is 0 Å². The van der Waals surface area contributed by atoms with Crippen molar-refractivity contribution in [3.05, 3.63) is 41.1 Å². The van der Waals surface area contributed by atoms with Crippen LogP contribution in [0.25, 0.3) is 0 Å². The molecule has 5 heteroatoms. The molecular formula is C11H12BrFN2O. The molecule has 0 saturated heterocycles. The number of hydrogen-bond acceptors (Lipinski definition) is 2. The van der Waals surface area contributed by atoms with Crippen molar-refractivity contribution in [2.45, 2.75) is 12.5 Å². The second-order valence-corrected chi connectivity index (χ2v) is 4.10. The molecule has 1 atom stereocenters. The molecule has 0 aromatic heterocycles. The molecule has 0 fully saturated rings. The number of hydrogen-bond donors (Lipinski definition) is 2. The van der Waals surface area contributed by atoms with Crippen LogP contribution in [0.5, 0.6) is 0 Å². The van der Waals surface area contributed by atoms with Gasteiger partial charge in [0.05, 0.1) is 11.7 Å². The van der Waals surface area contributed by atoms with Gasteiger partial charge in [0.25, 0.3) is 0 Å². The van der Waals surface area contributed by atoms with Gasteiger partial charge in [-0.2, -0.15) is 0 Å². The minimum absolute atomic E-state index is 0.327. The summed E-state index contributed by atoms with van der Waals surface area (Å²) in [5.74, 6) is -0.701. The van der Waals surface area contributed by atoms with Crippen LogP contribution in [-0.2, 0) is 4.79 Å². The fraction of sp³-hybridized carbons (Fsp3) is 0.182. The second-order valence-electron chi connectivity index (χ2n) is 3.24. The summed E-state index contributed by atoms with van der Waals surface area (Å²) in [5.41, 5.74) is 6.07. The molecule has 1 aromatic rings. The molecule has 0 aliphatic rings. The number of benzene rings is 1. The van der Waals surface area contributed by atoms with Gasteiger partial charge in [0, 0.05) is 4.47 Å². The second kappa shape index (κ2) is 5.77. The van der Waals surface area contributed by atoms with Gasteiger partial charge in [-0.05, 0) is 40.5 Å². The third kappa shape index (κ3) is 3.43. The van der Waals surface area contributed by atoms with E-state index < -0.39 is 6.04 Å². The fourth-order valence-electron chi connectivity index (χ4n) is 1.10. The molecule has 16 heavy (non-hydrogen) atoms. The van der Waals surface area contributed by atoms with Crippen LogP contribution in [0.2, 0.25) is 0 Å². The van der Waals surface area contributed by atoms with Crippen molar-refractivity contribution >= 4 is 27.5 Å². The molecule has 0 bridgehead atoms. The van der Waals surface area contributed by atoms with Gasteiger partial charge < -0.3 is 11.1 Å². The summed E-state index contributed by atoms with van der Waals surface area (Å²) in [6, 6.07) is 3.36. The van der Waals surface area contributed by atoms with E-state index in [-0.39, 0.29) is 11.7 Å². The number of rotatable bonds is 4. The molecule has 0 spiro atoms. The van der Waals surface area contributed by atoms with E-state index in [1.807, 2.05) is 0 Å². The number of anilines is 1. The molecule has 1 unspecified atom stereocenters. The van der Waals surface area contributed by atoms with Gasteiger partial charge in [-0.25, -0.2) is 4.39 Å². The van der Waals surface area contributed by atoms with Crippen molar-refractivity contribution in [2.24, 2.45) is 5.73 Å². The van der Waals surface area contributed by atoms with Gasteiger partial charge in [0.15, 0.2) is 0 Å². The molecule has 86 valence electrons. The maximum absolute atomic E-state index is 12.8. The topological polar surface area (TPSA) is 55.1 Å². The van der Waals surface area contributed by atoms with Crippen LogP contribution in [-0.4, -0.2) is 11.9 Å². The largest absolute Gasteiger partial charge is 0.324 e. The highest BCUT2D eigenvalue weighted by atomic mass is 79.9. The van der Waals surface area contributed by atoms with Gasteiger partial charge in [0.2, 0.25) is 5.91 Å². The minimum atomic E-state index is -0.644. The van der Waals surface area contributed by atoms with E-state index in [4.69, 9.17) is 5.73 Å². The quantitative estimate of drug-likeness (QED) is 0.836. The van der Waals surface area contributed by atoms with E-state index in [1.54, 1.807) is 6.08 Å². The molecule has 0 aliphatic carbocycles. The smallest absolute Gasteiger partial charge is 0.241 e. The maximum Gasteiger partial charge on any atom is 0.241 e. The summed E-state index contributed by atoms with van der Waals surface area (Å²) in [4.78, 5) is 11.5. The van der Waals surface area contributed by atoms with Gasteiger partial charge in [0.1, 0.15) is 5.82 Å². The minimum Gasteiger partial charge on any atom is -0.324 e. The molecule has 0 saturated carbocycles. The van der Waals surface area contributed by atoms with E-state index in [1.165, 1.54) is 18.2 Å². The lowest BCUT2D eigenvalue weighted by Gasteiger charge is -2.11. The molecule has 3 N–H and O–H groups in total. The van der Waals surface area contributed by atoms with Crippen LogP contribution in [0.1, 0.15) is 6.42 Å². The maximum atomic E-state index is 12.8. The summed E-state index contributed by atoms with van der Waals surface area (Å²) >= 11 is 3.15. The monoisotopic (exact) mass is 286 g/mol. The van der Waals surface area contributed by atoms with Crippen LogP contribution >= 0.6 is 15.9 Å². The van der Waals surface area contributed by atoms with Crippen LogP contribution < -0.4 is 11.1 Å². The Morgan fingerprint density at radius 1 is 1.69 bits per heavy atom. The molecule has 1 rings (SSSR count). The number of amides is 1. The first-order valence-corrected chi connectivity index (χ1v) is 5.46. The molecule has 0 heterocycles. The van der Waals surface area contributed by atoms with Crippen molar-refractivity contribution < 1.29 is 9.18 Å². The number of carbonyl (C=O) groups is 1. The Bertz CT molecular complexity index is 409. The highest BCUT2D eigenvalue weighted by molar-refractivity contribution is 9.10. The summed E-state index contributed by atoms with van der Waals surface area (Å²) < 4.78 is 13.3. The van der Waals surface area contributed by atoms with Crippen LogP contribution in [0.3, 0.4) is 0 Å². The lowest BCUT2D eigenvalue weighted by Crippen LogP contribution is -2.35. The van der Waals surface area contributed by atoms with Gasteiger partial charge >= 0.3 is 0 Å². The molecule has 0 radical (unpaired) electrons. The Morgan fingerprint density at radius 2 is 2.38 bits per heavy atom. The zero-order chi connectivity index (χ0) is 12.1. The number of halogens is 2. The average Bonchev–Trinajstić information content (AvgIpc) is 2.22. The Kier molecular flexibility index (Phi) is 4.64. The number of nitrogens with two attached hydrogens (primary N) is 1. The SMILES string of the molecule is C=CCC(N)C(=O)Nc1ccc(F)cc1Br.